The fourth-order valence-corrected chi connectivity index (χ4v) is 12.9. The molecule has 12 heterocycles. The molecular weight excluding hydrogens is 1090 g/mol. The molecule has 0 amide bonds. The first kappa shape index (κ1) is 57.4. The number of aryl methyl sites for hydroxylation is 11. The van der Waals surface area contributed by atoms with Crippen LogP contribution in [0, 0.1) is 62.3 Å². The SMILES string of the molecule is Cc1cc(C)c(C)c(-c2ccc3c(nc4ccccn43)[n+]2C)c1.Cc1cc(C)c(C)c(-c2ccc3nc4ccccn4c3[n+]2C)c1.Cc1ccc(-c2ccc3nc4ccccn4c3[n+]2C)c(C)c1.Cc1ccccc1-c1ccc2nc3ccccn3c2[n+]1C. The van der Waals surface area contributed by atoms with Gasteiger partial charge in [0.1, 0.15) is 28.3 Å². The van der Waals surface area contributed by atoms with Crippen molar-refractivity contribution in [2.24, 2.45) is 28.2 Å². The zero-order valence-electron chi connectivity index (χ0n) is 53.1. The smallest absolute Gasteiger partial charge is 0.273 e. The minimum Gasteiger partial charge on any atom is -0.273 e. The van der Waals surface area contributed by atoms with E-state index in [2.05, 4.69) is 276 Å². The third-order valence-corrected chi connectivity index (χ3v) is 17.7. The number of pyridine rings is 8. The first-order valence-corrected chi connectivity index (χ1v) is 30.4. The van der Waals surface area contributed by atoms with Crippen LogP contribution in [0.2, 0.25) is 0 Å². The van der Waals surface area contributed by atoms with Gasteiger partial charge in [0.25, 0.3) is 5.65 Å². The summed E-state index contributed by atoms with van der Waals surface area (Å²) in [6.07, 6.45) is 8.26. The molecule has 0 N–H and O–H groups in total. The van der Waals surface area contributed by atoms with Gasteiger partial charge in [0.05, 0.1) is 46.8 Å². The van der Waals surface area contributed by atoms with Crippen LogP contribution in [0.25, 0.3) is 112 Å². The third kappa shape index (κ3) is 10.4. The predicted octanol–water partition coefficient (Wildman–Crippen LogP) is 14.7. The fourth-order valence-electron chi connectivity index (χ4n) is 12.9. The molecule has 0 bridgehead atoms. The minimum absolute atomic E-state index is 0.977. The monoisotopic (exact) mass is 1170 g/mol. The van der Waals surface area contributed by atoms with E-state index in [1.807, 2.05) is 72.8 Å². The summed E-state index contributed by atoms with van der Waals surface area (Å²) >= 11 is 0. The molecule has 16 rings (SSSR count). The lowest BCUT2D eigenvalue weighted by molar-refractivity contribution is -0.636. The van der Waals surface area contributed by atoms with E-state index in [9.17, 15) is 0 Å². The molecule has 16 aromatic rings. The lowest BCUT2D eigenvalue weighted by atomic mass is 9.97. The van der Waals surface area contributed by atoms with Crippen LogP contribution >= 0.6 is 0 Å². The zero-order valence-corrected chi connectivity index (χ0v) is 53.1. The zero-order chi connectivity index (χ0) is 61.9. The van der Waals surface area contributed by atoms with E-state index in [0.717, 1.165) is 67.2 Å². The van der Waals surface area contributed by atoms with Gasteiger partial charge in [0.2, 0.25) is 16.9 Å². The number of hydrogen-bond donors (Lipinski definition) is 0. The second kappa shape index (κ2) is 23.2. The fraction of sp³-hybridized carbons (Fsp3) is 0.169. The molecule has 0 aliphatic rings. The molecule has 0 atom stereocenters. The van der Waals surface area contributed by atoms with Crippen LogP contribution in [0.3, 0.4) is 0 Å². The van der Waals surface area contributed by atoms with Crippen LogP contribution in [-0.2, 0) is 28.2 Å². The van der Waals surface area contributed by atoms with Crippen molar-refractivity contribution in [1.82, 2.24) is 37.5 Å². The standard InChI is InChI=1S/2C20H20N3.C19H18N3.C18H16N3/c1-13-11-14(2)15(3)16(12-13)18-9-8-17-20(22(18)4)23-10-6-5-7-19(23)21-17;1-13-11-14(2)15(3)16(12-13)17-8-9-18-20(22(17)4)21-19-7-5-6-10-23(18)19;1-13-7-8-15(14(2)12-13)17-10-9-16-19(21(17)3)22-11-5-4-6-18(22)20-16;1-13-7-3-4-8-14(13)16-11-10-15-18(20(16)2)21-12-6-5-9-17(21)19-15/h2*5-12H,1-4H3;4-12H,1-3H3;3-12H,1-2H3/q4*+1. The van der Waals surface area contributed by atoms with Gasteiger partial charge in [-0.25, -0.2) is 33.2 Å². The Kier molecular flexibility index (Phi) is 14.9. The van der Waals surface area contributed by atoms with Gasteiger partial charge in [-0.05, 0) is 186 Å². The maximum atomic E-state index is 4.80. The summed E-state index contributed by atoms with van der Waals surface area (Å²) in [5, 5.41) is 0. The van der Waals surface area contributed by atoms with E-state index in [1.54, 1.807) is 0 Å². The lowest BCUT2D eigenvalue weighted by Crippen LogP contribution is -2.33. The third-order valence-electron chi connectivity index (χ3n) is 17.7. The van der Waals surface area contributed by atoms with E-state index in [4.69, 9.17) is 9.97 Å². The maximum absolute atomic E-state index is 4.80. The van der Waals surface area contributed by atoms with E-state index in [1.165, 1.54) is 95.1 Å². The Hall–Kier alpha value is -10.7. The molecule has 438 valence electrons. The summed E-state index contributed by atoms with van der Waals surface area (Å²) in [6, 6.07) is 65.7. The van der Waals surface area contributed by atoms with E-state index < -0.39 is 0 Å². The Labute approximate surface area is 518 Å². The van der Waals surface area contributed by atoms with Crippen LogP contribution in [0.15, 0.2) is 213 Å². The lowest BCUT2D eigenvalue weighted by Gasteiger charge is -2.11. The van der Waals surface area contributed by atoms with E-state index in [0.29, 0.717) is 0 Å². The molecule has 0 aliphatic heterocycles. The van der Waals surface area contributed by atoms with Gasteiger partial charge in [0, 0.05) is 52.7 Å². The highest BCUT2D eigenvalue weighted by atomic mass is 15.1. The molecular formula is C77H74N12+4. The van der Waals surface area contributed by atoms with Crippen molar-refractivity contribution in [3.8, 4) is 45.0 Å². The summed E-state index contributed by atoms with van der Waals surface area (Å²) in [7, 11) is 8.43. The topological polar surface area (TPSA) is 84.7 Å². The van der Waals surface area contributed by atoms with Crippen LogP contribution < -0.4 is 18.3 Å². The average Bonchev–Trinajstić information content (AvgIpc) is 2.03. The Balaban J connectivity index is 0.000000109. The van der Waals surface area contributed by atoms with Gasteiger partial charge in [-0.1, -0.05) is 95.6 Å². The van der Waals surface area contributed by atoms with Crippen LogP contribution in [0.5, 0.6) is 0 Å². The van der Waals surface area contributed by atoms with Gasteiger partial charge in [-0.2, -0.15) is 13.2 Å². The number of fused-ring (bicyclic) bond motifs is 12. The van der Waals surface area contributed by atoms with Crippen molar-refractivity contribution in [2.75, 3.05) is 0 Å². The van der Waals surface area contributed by atoms with Crippen LogP contribution in [0.4, 0.5) is 0 Å². The Morgan fingerprint density at radius 3 is 1.10 bits per heavy atom. The Bertz CT molecular complexity index is 5440. The summed E-state index contributed by atoms with van der Waals surface area (Å²) in [4.78, 5) is 18.9. The van der Waals surface area contributed by atoms with Gasteiger partial charge in [0.15, 0.2) is 16.6 Å². The average molecular weight is 1170 g/mol. The van der Waals surface area contributed by atoms with Crippen molar-refractivity contribution >= 4 is 67.2 Å². The molecule has 0 saturated heterocycles. The Morgan fingerprint density at radius 2 is 0.652 bits per heavy atom. The number of hydrogen-bond acceptors (Lipinski definition) is 4. The van der Waals surface area contributed by atoms with Crippen LogP contribution in [0.1, 0.15) is 50.1 Å². The van der Waals surface area contributed by atoms with Gasteiger partial charge in [-0.15, -0.1) is 0 Å². The second-order valence-electron chi connectivity index (χ2n) is 23.8. The first-order valence-electron chi connectivity index (χ1n) is 30.4. The van der Waals surface area contributed by atoms with E-state index >= 15 is 0 Å². The van der Waals surface area contributed by atoms with Gasteiger partial charge in [-0.3, -0.25) is 4.40 Å². The maximum Gasteiger partial charge on any atom is 0.350 e. The largest absolute Gasteiger partial charge is 0.350 e. The van der Waals surface area contributed by atoms with Crippen molar-refractivity contribution in [2.45, 2.75) is 62.3 Å². The molecule has 12 nitrogen and oxygen atoms in total. The molecule has 0 unspecified atom stereocenters. The summed E-state index contributed by atoms with van der Waals surface area (Å²) < 4.78 is 17.5. The molecule has 0 spiro atoms. The number of nitrogens with zero attached hydrogens (tertiary/aromatic N) is 12. The molecule has 0 fully saturated rings. The molecule has 0 saturated carbocycles. The molecule has 89 heavy (non-hydrogen) atoms. The van der Waals surface area contributed by atoms with Crippen LogP contribution in [-0.4, -0.2) is 37.5 Å². The van der Waals surface area contributed by atoms with Crippen molar-refractivity contribution in [1.29, 1.82) is 0 Å². The number of rotatable bonds is 4. The normalized spacial score (nSPS) is 11.4. The summed E-state index contributed by atoms with van der Waals surface area (Å²) in [5.41, 5.74) is 34.1. The number of aromatic nitrogens is 12. The number of imidazole rings is 4. The molecule has 12 heteroatoms. The predicted molar refractivity (Wildman–Crippen MR) is 360 cm³/mol. The molecule has 0 radical (unpaired) electrons. The van der Waals surface area contributed by atoms with Gasteiger partial charge >= 0.3 is 22.6 Å². The second-order valence-corrected chi connectivity index (χ2v) is 23.8. The van der Waals surface area contributed by atoms with Gasteiger partial charge < -0.3 is 0 Å². The first-order chi connectivity index (χ1) is 43.0. The molecule has 0 aliphatic carbocycles. The van der Waals surface area contributed by atoms with Crippen molar-refractivity contribution in [3.63, 3.8) is 0 Å². The summed E-state index contributed by atoms with van der Waals surface area (Å²) in [5.74, 6) is 0. The van der Waals surface area contributed by atoms with E-state index in [-0.39, 0.29) is 0 Å². The van der Waals surface area contributed by atoms with Crippen molar-refractivity contribution in [3.05, 3.63) is 263 Å². The Morgan fingerprint density at radius 1 is 0.281 bits per heavy atom. The summed E-state index contributed by atoms with van der Waals surface area (Å²) in [6.45, 7) is 19.5. The highest BCUT2D eigenvalue weighted by Gasteiger charge is 2.24. The van der Waals surface area contributed by atoms with Crippen molar-refractivity contribution < 1.29 is 18.3 Å². The highest BCUT2D eigenvalue weighted by Crippen LogP contribution is 2.30. The number of benzene rings is 4. The molecule has 4 aromatic carbocycles. The highest BCUT2D eigenvalue weighted by molar-refractivity contribution is 5.80. The molecule has 12 aromatic heterocycles. The minimum atomic E-state index is 0.977. The quantitative estimate of drug-likeness (QED) is 0.164.